The number of aliphatic carboxylic acids is 1. The standard InChI is InChI=1S/C8H12O2/c1-6-3-2-4-7(5-6)8(9)10/h2-3,6-7H,4-5H2,1H3,(H,9,10)/t6-,7-/m1/s1. The van der Waals surface area contributed by atoms with Crippen molar-refractivity contribution >= 4 is 5.97 Å². The topological polar surface area (TPSA) is 37.3 Å². The van der Waals surface area contributed by atoms with Gasteiger partial charge in [-0.15, -0.1) is 0 Å². The van der Waals surface area contributed by atoms with E-state index in [9.17, 15) is 4.79 Å². The maximum Gasteiger partial charge on any atom is 0.306 e. The molecule has 0 aromatic rings. The molecule has 0 fully saturated rings. The number of rotatable bonds is 1. The lowest BCUT2D eigenvalue weighted by Gasteiger charge is -2.17. The molecule has 0 saturated carbocycles. The number of carboxylic acids is 1. The lowest BCUT2D eigenvalue weighted by atomic mass is 9.88. The Balaban J connectivity index is 2.52. The zero-order valence-electron chi connectivity index (χ0n) is 6.08. The summed E-state index contributed by atoms with van der Waals surface area (Å²) in [5.41, 5.74) is 0. The zero-order valence-corrected chi connectivity index (χ0v) is 6.08. The summed E-state index contributed by atoms with van der Waals surface area (Å²) in [4.78, 5) is 10.5. The first-order valence-electron chi connectivity index (χ1n) is 3.59. The molecule has 0 spiro atoms. The second-order valence-electron chi connectivity index (χ2n) is 2.91. The van der Waals surface area contributed by atoms with Gasteiger partial charge in [-0.25, -0.2) is 0 Å². The molecule has 2 heteroatoms. The maximum atomic E-state index is 10.5. The number of allylic oxidation sites excluding steroid dienone is 2. The van der Waals surface area contributed by atoms with Gasteiger partial charge in [0.05, 0.1) is 5.92 Å². The van der Waals surface area contributed by atoms with Crippen LogP contribution in [0, 0.1) is 11.8 Å². The second kappa shape index (κ2) is 2.86. The number of carboxylic acid groups (broad SMARTS) is 1. The Hall–Kier alpha value is -0.790. The Labute approximate surface area is 60.6 Å². The highest BCUT2D eigenvalue weighted by atomic mass is 16.4. The SMILES string of the molecule is C[C@@H]1C=CC[C@@H](C(=O)O)C1. The summed E-state index contributed by atoms with van der Waals surface area (Å²) >= 11 is 0. The van der Waals surface area contributed by atoms with E-state index in [4.69, 9.17) is 5.11 Å². The molecule has 10 heavy (non-hydrogen) atoms. The van der Waals surface area contributed by atoms with E-state index in [1.54, 1.807) is 0 Å². The van der Waals surface area contributed by atoms with Crippen LogP contribution in [0.25, 0.3) is 0 Å². The molecule has 0 radical (unpaired) electrons. The van der Waals surface area contributed by atoms with Crippen molar-refractivity contribution in [2.45, 2.75) is 19.8 Å². The van der Waals surface area contributed by atoms with E-state index in [2.05, 4.69) is 6.08 Å². The van der Waals surface area contributed by atoms with Crippen molar-refractivity contribution in [2.75, 3.05) is 0 Å². The van der Waals surface area contributed by atoms with Gasteiger partial charge in [0.1, 0.15) is 0 Å². The predicted molar refractivity (Wildman–Crippen MR) is 38.7 cm³/mol. The quantitative estimate of drug-likeness (QED) is 0.562. The molecule has 0 aromatic heterocycles. The van der Waals surface area contributed by atoms with Gasteiger partial charge in [0, 0.05) is 0 Å². The van der Waals surface area contributed by atoms with Gasteiger partial charge in [-0.2, -0.15) is 0 Å². The highest BCUT2D eigenvalue weighted by Gasteiger charge is 2.20. The van der Waals surface area contributed by atoms with E-state index in [-0.39, 0.29) is 5.92 Å². The Morgan fingerprint density at radius 3 is 2.80 bits per heavy atom. The fraction of sp³-hybridized carbons (Fsp3) is 0.625. The van der Waals surface area contributed by atoms with Crippen LogP contribution >= 0.6 is 0 Å². The molecule has 0 unspecified atom stereocenters. The summed E-state index contributed by atoms with van der Waals surface area (Å²) < 4.78 is 0. The molecule has 0 aliphatic heterocycles. The van der Waals surface area contributed by atoms with Gasteiger partial charge in [-0.1, -0.05) is 19.1 Å². The lowest BCUT2D eigenvalue weighted by Crippen LogP contribution is -2.17. The summed E-state index contributed by atoms with van der Waals surface area (Å²) in [6, 6.07) is 0. The first-order chi connectivity index (χ1) is 4.70. The molecular weight excluding hydrogens is 128 g/mol. The largest absolute Gasteiger partial charge is 0.481 e. The number of hydrogen-bond donors (Lipinski definition) is 1. The van der Waals surface area contributed by atoms with Crippen molar-refractivity contribution < 1.29 is 9.90 Å². The first kappa shape index (κ1) is 7.32. The summed E-state index contributed by atoms with van der Waals surface area (Å²) in [5, 5.41) is 8.62. The molecule has 56 valence electrons. The van der Waals surface area contributed by atoms with Gasteiger partial charge in [0.2, 0.25) is 0 Å². The third-order valence-electron chi connectivity index (χ3n) is 1.89. The van der Waals surface area contributed by atoms with Crippen LogP contribution in [-0.2, 0) is 4.79 Å². The van der Waals surface area contributed by atoms with Gasteiger partial charge >= 0.3 is 5.97 Å². The van der Waals surface area contributed by atoms with Gasteiger partial charge < -0.3 is 5.11 Å². The third-order valence-corrected chi connectivity index (χ3v) is 1.89. The number of hydrogen-bond acceptors (Lipinski definition) is 1. The highest BCUT2D eigenvalue weighted by molar-refractivity contribution is 5.70. The van der Waals surface area contributed by atoms with E-state index >= 15 is 0 Å². The summed E-state index contributed by atoms with van der Waals surface area (Å²) in [7, 11) is 0. The van der Waals surface area contributed by atoms with Crippen molar-refractivity contribution in [3.63, 3.8) is 0 Å². The van der Waals surface area contributed by atoms with E-state index in [0.29, 0.717) is 12.3 Å². The average molecular weight is 140 g/mol. The van der Waals surface area contributed by atoms with Crippen LogP contribution in [0.2, 0.25) is 0 Å². The second-order valence-corrected chi connectivity index (χ2v) is 2.91. The Kier molecular flexibility index (Phi) is 2.10. The highest BCUT2D eigenvalue weighted by Crippen LogP contribution is 2.22. The van der Waals surface area contributed by atoms with E-state index in [0.717, 1.165) is 6.42 Å². The minimum absolute atomic E-state index is 0.139. The molecular formula is C8H12O2. The van der Waals surface area contributed by atoms with Crippen LogP contribution in [0.15, 0.2) is 12.2 Å². The maximum absolute atomic E-state index is 10.5. The summed E-state index contributed by atoms with van der Waals surface area (Å²) in [6.07, 6.45) is 5.55. The Morgan fingerprint density at radius 1 is 1.70 bits per heavy atom. The molecule has 2 nitrogen and oxygen atoms in total. The van der Waals surface area contributed by atoms with Gasteiger partial charge in [-0.3, -0.25) is 4.79 Å². The number of carbonyl (C=O) groups is 1. The van der Waals surface area contributed by atoms with Gasteiger partial charge in [0.15, 0.2) is 0 Å². The van der Waals surface area contributed by atoms with Crippen LogP contribution in [0.1, 0.15) is 19.8 Å². The van der Waals surface area contributed by atoms with Crippen molar-refractivity contribution in [3.8, 4) is 0 Å². The van der Waals surface area contributed by atoms with Gasteiger partial charge in [0.25, 0.3) is 0 Å². The van der Waals surface area contributed by atoms with Crippen molar-refractivity contribution in [3.05, 3.63) is 12.2 Å². The minimum atomic E-state index is -0.656. The summed E-state index contributed by atoms with van der Waals surface area (Å²) in [5.74, 6) is -0.356. The van der Waals surface area contributed by atoms with Crippen molar-refractivity contribution in [2.24, 2.45) is 11.8 Å². The van der Waals surface area contributed by atoms with E-state index < -0.39 is 5.97 Å². The molecule has 0 heterocycles. The third kappa shape index (κ3) is 1.59. The fourth-order valence-corrected chi connectivity index (χ4v) is 1.30. The van der Waals surface area contributed by atoms with Crippen molar-refractivity contribution in [1.82, 2.24) is 0 Å². The zero-order chi connectivity index (χ0) is 7.56. The summed E-state index contributed by atoms with van der Waals surface area (Å²) in [6.45, 7) is 2.05. The molecule has 0 bridgehead atoms. The van der Waals surface area contributed by atoms with Crippen LogP contribution in [0.5, 0.6) is 0 Å². The van der Waals surface area contributed by atoms with Crippen LogP contribution < -0.4 is 0 Å². The molecule has 1 rings (SSSR count). The average Bonchev–Trinajstić information content (AvgIpc) is 1.88. The lowest BCUT2D eigenvalue weighted by molar-refractivity contribution is -0.142. The smallest absolute Gasteiger partial charge is 0.306 e. The molecule has 1 aliphatic carbocycles. The van der Waals surface area contributed by atoms with Crippen LogP contribution in [-0.4, -0.2) is 11.1 Å². The first-order valence-corrected chi connectivity index (χ1v) is 3.59. The Bertz CT molecular complexity index is 161. The normalized spacial score (nSPS) is 32.1. The molecule has 0 aromatic carbocycles. The van der Waals surface area contributed by atoms with Crippen LogP contribution in [0.4, 0.5) is 0 Å². The monoisotopic (exact) mass is 140 g/mol. The van der Waals surface area contributed by atoms with E-state index in [1.165, 1.54) is 0 Å². The fourth-order valence-electron chi connectivity index (χ4n) is 1.30. The van der Waals surface area contributed by atoms with Crippen molar-refractivity contribution in [1.29, 1.82) is 0 Å². The van der Waals surface area contributed by atoms with Gasteiger partial charge in [-0.05, 0) is 18.8 Å². The molecule has 0 saturated heterocycles. The minimum Gasteiger partial charge on any atom is -0.481 e. The molecule has 1 aliphatic rings. The van der Waals surface area contributed by atoms with E-state index in [1.807, 2.05) is 13.0 Å². The molecule has 2 atom stereocenters. The Morgan fingerprint density at radius 2 is 2.40 bits per heavy atom. The van der Waals surface area contributed by atoms with Crippen LogP contribution in [0.3, 0.4) is 0 Å². The molecule has 0 amide bonds. The molecule has 1 N–H and O–H groups in total. The predicted octanol–water partition coefficient (Wildman–Crippen LogP) is 1.67.